The van der Waals surface area contributed by atoms with Gasteiger partial charge in [-0.25, -0.2) is 0 Å². The summed E-state index contributed by atoms with van der Waals surface area (Å²) in [4.78, 5) is 12.6. The Morgan fingerprint density at radius 2 is 1.25 bits per heavy atom. The largest absolute Gasteiger partial charge is 0.288 e. The van der Waals surface area contributed by atoms with Gasteiger partial charge in [-0.2, -0.15) is 0 Å². The van der Waals surface area contributed by atoms with Crippen molar-refractivity contribution in [2.75, 3.05) is 0 Å². The summed E-state index contributed by atoms with van der Waals surface area (Å²) < 4.78 is 0. The molecule has 0 saturated carbocycles. The van der Waals surface area contributed by atoms with Crippen molar-refractivity contribution in [3.63, 3.8) is 0 Å². The Balaban J connectivity index is 2.15. The van der Waals surface area contributed by atoms with Crippen LogP contribution in [0.4, 0.5) is 0 Å². The third kappa shape index (κ3) is 0.685. The van der Waals surface area contributed by atoms with E-state index in [1.54, 1.807) is 6.07 Å². The van der Waals surface area contributed by atoms with E-state index in [2.05, 4.69) is 30.6 Å². The minimum absolute atomic E-state index is 0.0419. The molecule has 0 bridgehead atoms. The van der Waals surface area contributed by atoms with E-state index >= 15 is 0 Å². The van der Waals surface area contributed by atoms with Crippen molar-refractivity contribution in [3.05, 3.63) is 22.4 Å². The molecule has 0 spiro atoms. The monoisotopic (exact) mass is 258 g/mol. The molecule has 20 heavy (non-hydrogen) atoms. The maximum absolute atomic E-state index is 12.6. The minimum atomic E-state index is -0.0419. The molecule has 0 saturated heterocycles. The lowest BCUT2D eigenvalue weighted by atomic mass is 10.1. The predicted molar refractivity (Wildman–Crippen MR) is 71.8 cm³/mol. The highest BCUT2D eigenvalue weighted by Crippen LogP contribution is 2.38. The lowest BCUT2D eigenvalue weighted by Crippen LogP contribution is -2.04. The molecule has 3 aromatic carbocycles. The van der Waals surface area contributed by atoms with Crippen molar-refractivity contribution in [3.8, 4) is 0 Å². The highest BCUT2D eigenvalue weighted by molar-refractivity contribution is 6.34. The fraction of sp³-hybridized carbons (Fsp3) is 0. The SMILES string of the molecule is O=c1c2ccc3nnc3c2c2c3nnc3c3nnc3c12. The van der Waals surface area contributed by atoms with Gasteiger partial charge in [-0.1, -0.05) is 0 Å². The van der Waals surface area contributed by atoms with Gasteiger partial charge >= 0.3 is 0 Å². The van der Waals surface area contributed by atoms with Gasteiger partial charge in [-0.05, 0) is 12.1 Å². The number of nitrogens with zero attached hydrogens (tertiary/aromatic N) is 6. The number of hydrogen-bond donors (Lipinski definition) is 0. The van der Waals surface area contributed by atoms with Crippen LogP contribution in [0, 0.1) is 0 Å². The van der Waals surface area contributed by atoms with E-state index in [4.69, 9.17) is 0 Å². The summed E-state index contributed by atoms with van der Waals surface area (Å²) in [5.41, 5.74) is 4.27. The molecular formula is C13H2N6O. The van der Waals surface area contributed by atoms with Crippen LogP contribution in [0.5, 0.6) is 0 Å². The molecule has 7 nitrogen and oxygen atoms in total. The normalized spacial score (nSPS) is 13.2. The summed E-state index contributed by atoms with van der Waals surface area (Å²) in [6.07, 6.45) is 0. The van der Waals surface area contributed by atoms with Gasteiger partial charge < -0.3 is 0 Å². The van der Waals surface area contributed by atoms with E-state index in [9.17, 15) is 4.79 Å². The smallest absolute Gasteiger partial charge is 0.196 e. The lowest BCUT2D eigenvalue weighted by Gasteiger charge is -2.07. The number of hydrogen-bond acceptors (Lipinski definition) is 7. The van der Waals surface area contributed by atoms with Crippen LogP contribution in [0.25, 0.3) is 54.6 Å². The van der Waals surface area contributed by atoms with Gasteiger partial charge in [-0.3, -0.25) is 4.79 Å². The number of benzene rings is 2. The first-order valence-corrected chi connectivity index (χ1v) is 6.06. The van der Waals surface area contributed by atoms with Crippen molar-refractivity contribution in [1.82, 2.24) is 30.6 Å². The van der Waals surface area contributed by atoms with Crippen LogP contribution in [0.15, 0.2) is 16.9 Å². The second-order valence-corrected chi connectivity index (χ2v) is 4.93. The van der Waals surface area contributed by atoms with Gasteiger partial charge in [0, 0.05) is 16.2 Å². The zero-order chi connectivity index (χ0) is 13.0. The fourth-order valence-electron chi connectivity index (χ4n) is 3.06. The van der Waals surface area contributed by atoms with Gasteiger partial charge in [0.15, 0.2) is 5.43 Å². The highest BCUT2D eigenvalue weighted by Gasteiger charge is 2.26. The van der Waals surface area contributed by atoms with Gasteiger partial charge in [0.05, 0.1) is 5.39 Å². The first-order valence-electron chi connectivity index (χ1n) is 6.06. The van der Waals surface area contributed by atoms with E-state index in [1.807, 2.05) is 6.07 Å². The molecule has 0 atom stereocenters. The van der Waals surface area contributed by atoms with Crippen molar-refractivity contribution in [1.29, 1.82) is 0 Å². The molecule has 0 aliphatic heterocycles. The quantitative estimate of drug-likeness (QED) is 0.400. The molecule has 0 amide bonds. The van der Waals surface area contributed by atoms with E-state index in [1.165, 1.54) is 0 Å². The zero-order valence-electron chi connectivity index (χ0n) is 9.75. The molecule has 0 fully saturated rings. The summed E-state index contributed by atoms with van der Waals surface area (Å²) >= 11 is 0. The molecule has 6 rings (SSSR count). The Hall–Kier alpha value is -3.09. The van der Waals surface area contributed by atoms with Crippen LogP contribution in [0.2, 0.25) is 0 Å². The topological polar surface area (TPSA) is 94.4 Å². The highest BCUT2D eigenvalue weighted by atomic mass is 16.1. The van der Waals surface area contributed by atoms with Crippen LogP contribution in [0.3, 0.4) is 0 Å². The molecule has 0 radical (unpaired) electrons. The molecule has 7 heteroatoms. The second kappa shape index (κ2) is 2.46. The molecule has 3 aromatic heterocycles. The summed E-state index contributed by atoms with van der Waals surface area (Å²) in [6, 6.07) is 3.60. The Morgan fingerprint density at radius 3 is 1.85 bits per heavy atom. The molecule has 0 aliphatic rings. The molecule has 6 aromatic rings. The Labute approximate surface area is 108 Å². The Bertz CT molecular complexity index is 1310. The number of aromatic nitrogens is 6. The van der Waals surface area contributed by atoms with Gasteiger partial charge in [0.2, 0.25) is 0 Å². The molecule has 0 aliphatic carbocycles. The summed E-state index contributed by atoms with van der Waals surface area (Å²) in [6.45, 7) is 0. The standard InChI is InChI=1S/C13H2N6O/c20-13-3-1-2-4-8(15-14-4)5(3)6-7(13)10-12(19-17-10)11-9(6)16-18-11/h1-2H. The molecule has 90 valence electrons. The molecular weight excluding hydrogens is 256 g/mol. The first kappa shape index (κ1) is 8.92. The van der Waals surface area contributed by atoms with Gasteiger partial charge in [0.25, 0.3) is 0 Å². The average molecular weight is 258 g/mol. The van der Waals surface area contributed by atoms with E-state index < -0.39 is 0 Å². The van der Waals surface area contributed by atoms with Crippen LogP contribution in [0.1, 0.15) is 0 Å². The van der Waals surface area contributed by atoms with E-state index in [-0.39, 0.29) is 5.43 Å². The van der Waals surface area contributed by atoms with Crippen molar-refractivity contribution in [2.24, 2.45) is 0 Å². The summed E-state index contributed by atoms with van der Waals surface area (Å²) in [5, 5.41) is 26.8. The molecule has 0 unspecified atom stereocenters. The van der Waals surface area contributed by atoms with Crippen LogP contribution >= 0.6 is 0 Å². The van der Waals surface area contributed by atoms with Crippen molar-refractivity contribution >= 4 is 54.6 Å². The van der Waals surface area contributed by atoms with Crippen LogP contribution in [-0.4, -0.2) is 30.6 Å². The second-order valence-electron chi connectivity index (χ2n) is 4.93. The average Bonchev–Trinajstić information content (AvgIpc) is 2.58. The Kier molecular flexibility index (Phi) is 1.10. The van der Waals surface area contributed by atoms with Crippen LogP contribution < -0.4 is 5.43 Å². The van der Waals surface area contributed by atoms with Crippen LogP contribution in [-0.2, 0) is 0 Å². The predicted octanol–water partition coefficient (Wildman–Crippen LogP) is 0.934. The van der Waals surface area contributed by atoms with Gasteiger partial charge in [-0.15, -0.1) is 30.6 Å². The maximum atomic E-state index is 12.6. The number of rotatable bonds is 0. The minimum Gasteiger partial charge on any atom is -0.288 e. The molecule has 0 N–H and O–H groups in total. The summed E-state index contributed by atoms with van der Waals surface area (Å²) in [5.74, 6) is 0. The van der Waals surface area contributed by atoms with Gasteiger partial charge in [0.1, 0.15) is 33.1 Å². The summed E-state index contributed by atoms with van der Waals surface area (Å²) in [7, 11) is 0. The van der Waals surface area contributed by atoms with E-state index in [0.717, 1.165) is 32.8 Å². The third-order valence-corrected chi connectivity index (χ3v) is 4.03. The zero-order valence-corrected chi connectivity index (χ0v) is 9.75. The fourth-order valence-corrected chi connectivity index (χ4v) is 3.06. The molecule has 3 heterocycles. The maximum Gasteiger partial charge on any atom is 0.196 e. The third-order valence-electron chi connectivity index (χ3n) is 4.03. The number of fused-ring (bicyclic) bond motifs is 10. The lowest BCUT2D eigenvalue weighted by molar-refractivity contribution is 1.04. The van der Waals surface area contributed by atoms with E-state index in [0.29, 0.717) is 21.8 Å². The first-order chi connectivity index (χ1) is 9.84. The van der Waals surface area contributed by atoms with Crippen molar-refractivity contribution in [2.45, 2.75) is 0 Å². The Morgan fingerprint density at radius 1 is 0.600 bits per heavy atom. The van der Waals surface area contributed by atoms with Crippen molar-refractivity contribution < 1.29 is 0 Å².